The lowest BCUT2D eigenvalue weighted by atomic mass is 9.96. The van der Waals surface area contributed by atoms with Gasteiger partial charge >= 0.3 is 5.69 Å². The Kier molecular flexibility index (Phi) is 3.02. The average molecular weight is 260 g/mol. The Balaban J connectivity index is 2.09. The second kappa shape index (κ2) is 4.98. The lowest BCUT2D eigenvalue weighted by Crippen LogP contribution is -2.03. The maximum absolute atomic E-state index is 8.88. The molecule has 1 heterocycles. The topological polar surface area (TPSA) is 66.0 Å². The molecule has 0 saturated heterocycles. The van der Waals surface area contributed by atoms with Crippen molar-refractivity contribution in [3.8, 4) is 0 Å². The van der Waals surface area contributed by atoms with E-state index in [1.54, 1.807) is 18.2 Å². The summed E-state index contributed by atoms with van der Waals surface area (Å²) in [7, 11) is 2.03. The smallest absolute Gasteiger partial charge is 0.340 e. The molecule has 0 amide bonds. The van der Waals surface area contributed by atoms with E-state index in [0.29, 0.717) is 11.5 Å². The van der Waals surface area contributed by atoms with Crippen molar-refractivity contribution in [3.05, 3.63) is 53.8 Å². The van der Waals surface area contributed by atoms with Gasteiger partial charge in [0.15, 0.2) is 4.98 Å². The minimum Gasteiger partial charge on any atom is -0.340 e. The van der Waals surface area contributed by atoms with Gasteiger partial charge in [-0.2, -0.15) is 0 Å². The molecule has 6 heteroatoms. The zero-order valence-electron chi connectivity index (χ0n) is 10.9. The molecule has 2 aromatic carbocycles. The molecule has 0 saturated carbocycles. The Hall–Kier alpha value is -2.94. The highest BCUT2D eigenvalue weighted by Gasteiger charge is 2.10. The van der Waals surface area contributed by atoms with Crippen LogP contribution in [-0.4, -0.2) is 17.8 Å². The van der Waals surface area contributed by atoms with Gasteiger partial charge in [0.05, 0.1) is 10.9 Å². The maximum Gasteiger partial charge on any atom is 0.385 e. The van der Waals surface area contributed by atoms with Crippen LogP contribution in [0, 0.1) is 5.39 Å². The van der Waals surface area contributed by atoms with E-state index in [0.717, 1.165) is 16.6 Å². The molecule has 0 unspecified atom stereocenters. The lowest BCUT2D eigenvalue weighted by Gasteiger charge is -2.08. The molecule has 20 heavy (non-hydrogen) atoms. The maximum atomic E-state index is 8.88. The van der Waals surface area contributed by atoms with Crippen molar-refractivity contribution in [3.63, 3.8) is 0 Å². The summed E-state index contributed by atoms with van der Waals surface area (Å²) in [6, 6.07) is 13.3. The monoisotopic (exact) mass is 260 g/mol. The largest absolute Gasteiger partial charge is 0.385 e. The van der Waals surface area contributed by atoms with Crippen LogP contribution in [0.4, 0.5) is 17.2 Å². The van der Waals surface area contributed by atoms with Crippen LogP contribution in [0.15, 0.2) is 48.8 Å². The number of benzene rings is 2. The van der Waals surface area contributed by atoms with E-state index in [4.69, 9.17) is 5.39 Å². The number of hydrogen-bond acceptors (Lipinski definition) is 4. The Labute approximate surface area is 116 Å². The van der Waals surface area contributed by atoms with Crippen LogP contribution in [-0.2, 0) is 0 Å². The van der Waals surface area contributed by atoms with E-state index in [-0.39, 0.29) is 0 Å². The number of aromatic nitrogens is 2. The zero-order chi connectivity index (χ0) is 13.9. The van der Waals surface area contributed by atoms with Crippen LogP contribution in [0.25, 0.3) is 15.9 Å². The first-order chi connectivity index (χ1) is 9.76. The van der Waals surface area contributed by atoms with Crippen molar-refractivity contribution in [1.29, 1.82) is 5.39 Å². The Bertz CT molecular complexity index is 825. The molecule has 0 spiro atoms. The highest BCUT2D eigenvalue weighted by Crippen LogP contribution is 2.26. The molecule has 0 bridgehead atoms. The normalized spacial score (nSPS) is 10.2. The first-order valence-electron chi connectivity index (χ1n) is 6.20. The number of rotatable bonds is 2. The molecule has 0 fully saturated rings. The lowest BCUT2D eigenvalue weighted by molar-refractivity contribution is 1.22. The molecule has 94 valence electrons. The average Bonchev–Trinajstić information content (AvgIpc) is 2.47. The van der Waals surface area contributed by atoms with Gasteiger partial charge in [0.25, 0.3) is 0 Å². The number of anilines is 2. The van der Waals surface area contributed by atoms with Gasteiger partial charge in [-0.15, -0.1) is 0 Å². The summed E-state index contributed by atoms with van der Waals surface area (Å²) < 4.78 is 0. The highest BCUT2D eigenvalue weighted by molar-refractivity contribution is 6.32. The van der Waals surface area contributed by atoms with Crippen LogP contribution < -0.4 is 10.8 Å². The summed E-state index contributed by atoms with van der Waals surface area (Å²) in [5.41, 5.74) is 3.39. The summed E-state index contributed by atoms with van der Waals surface area (Å²) in [5.74, 6) is 0.686. The fourth-order valence-electron chi connectivity index (χ4n) is 2.07. The van der Waals surface area contributed by atoms with Crippen molar-refractivity contribution < 1.29 is 0 Å². The predicted molar refractivity (Wildman–Crippen MR) is 82.2 cm³/mol. The van der Waals surface area contributed by atoms with Gasteiger partial charge in [0.2, 0.25) is 5.39 Å². The van der Waals surface area contributed by atoms with E-state index in [9.17, 15) is 0 Å². The Morgan fingerprint density at radius 1 is 1.10 bits per heavy atom. The van der Waals surface area contributed by atoms with Gasteiger partial charge in [-0.05, 0) is 18.2 Å². The summed E-state index contributed by atoms with van der Waals surface area (Å²) >= 11 is 0. The Morgan fingerprint density at radius 2 is 2.00 bits per heavy atom. The van der Waals surface area contributed by atoms with Crippen LogP contribution >= 0.6 is 0 Å². The summed E-state index contributed by atoms with van der Waals surface area (Å²) in [6.45, 7) is 0. The van der Waals surface area contributed by atoms with Gasteiger partial charge in [-0.25, -0.2) is 9.97 Å². The molecule has 3 rings (SSSR count). The third-order valence-electron chi connectivity index (χ3n) is 3.02. The predicted octanol–water partition coefficient (Wildman–Crippen LogP) is 2.12. The molecule has 0 aliphatic rings. The second-order valence-electron chi connectivity index (χ2n) is 4.52. The highest BCUT2D eigenvalue weighted by atomic mass is 15.0. The number of diazo groups is 1. The van der Waals surface area contributed by atoms with E-state index in [2.05, 4.69) is 20.3 Å². The summed E-state index contributed by atoms with van der Waals surface area (Å²) in [5, 5.41) is 13.0. The first kappa shape index (κ1) is 12.1. The number of nitrogens with zero attached hydrogens (tertiary/aromatic N) is 4. The molecular formula is C14H11BN5+. The molecular weight excluding hydrogens is 249 g/mol. The van der Waals surface area contributed by atoms with E-state index < -0.39 is 0 Å². The van der Waals surface area contributed by atoms with E-state index >= 15 is 0 Å². The van der Waals surface area contributed by atoms with Crippen molar-refractivity contribution in [2.24, 2.45) is 0 Å². The second-order valence-corrected chi connectivity index (χ2v) is 4.52. The first-order valence-corrected chi connectivity index (χ1v) is 6.20. The van der Waals surface area contributed by atoms with Gasteiger partial charge < -0.3 is 5.32 Å². The molecule has 5 nitrogen and oxygen atoms in total. The van der Waals surface area contributed by atoms with Crippen molar-refractivity contribution in [2.75, 3.05) is 5.32 Å². The summed E-state index contributed by atoms with van der Waals surface area (Å²) in [4.78, 5) is 11.7. The van der Waals surface area contributed by atoms with Crippen LogP contribution in [0.3, 0.4) is 0 Å². The van der Waals surface area contributed by atoms with Gasteiger partial charge in [-0.3, -0.25) is 0 Å². The SMILES string of the molecule is Bc1cccc(Nc2ncnc3ccc([N+]#N)cc23)c1. The Morgan fingerprint density at radius 3 is 2.80 bits per heavy atom. The fraction of sp³-hybridized carbons (Fsp3) is 0. The van der Waals surface area contributed by atoms with Crippen molar-refractivity contribution >= 4 is 41.4 Å². The molecule has 1 N–H and O–H groups in total. The third-order valence-corrected chi connectivity index (χ3v) is 3.02. The number of nitrogens with one attached hydrogen (secondary N) is 1. The standard InChI is InChI=1S/C14H11BN5/c15-9-2-1-3-10(6-9)19-14-12-7-11(20-16)4-5-13(12)17-8-18-14/h1-8H,15H2,(H,17,18,19)/q+1. The molecule has 0 atom stereocenters. The molecule has 3 aromatic rings. The molecule has 0 radical (unpaired) electrons. The fourth-order valence-corrected chi connectivity index (χ4v) is 2.07. The minimum atomic E-state index is 0.472. The molecule has 0 aliphatic heterocycles. The van der Waals surface area contributed by atoms with Gasteiger partial charge in [0.1, 0.15) is 20.0 Å². The number of fused-ring (bicyclic) bond motifs is 1. The minimum absolute atomic E-state index is 0.472. The van der Waals surface area contributed by atoms with Crippen LogP contribution in [0.1, 0.15) is 0 Å². The van der Waals surface area contributed by atoms with Crippen LogP contribution in [0.5, 0.6) is 0 Å². The quantitative estimate of drug-likeness (QED) is 0.566. The van der Waals surface area contributed by atoms with Crippen LogP contribution in [0.2, 0.25) is 0 Å². The number of hydrogen-bond donors (Lipinski definition) is 1. The molecule has 1 aromatic heterocycles. The molecule has 0 aliphatic carbocycles. The van der Waals surface area contributed by atoms with Crippen molar-refractivity contribution in [1.82, 2.24) is 9.97 Å². The van der Waals surface area contributed by atoms with Gasteiger partial charge in [-0.1, -0.05) is 17.6 Å². The van der Waals surface area contributed by atoms with Crippen molar-refractivity contribution in [2.45, 2.75) is 0 Å². The van der Waals surface area contributed by atoms with E-state index in [1.165, 1.54) is 11.8 Å². The third kappa shape index (κ3) is 2.29. The zero-order valence-corrected chi connectivity index (χ0v) is 10.9. The summed E-state index contributed by atoms with van der Waals surface area (Å²) in [6.07, 6.45) is 1.51. The van der Waals surface area contributed by atoms with E-state index in [1.807, 2.05) is 32.1 Å². The van der Waals surface area contributed by atoms with Gasteiger partial charge in [0, 0.05) is 17.8 Å².